The molecule has 0 radical (unpaired) electrons. The molecule has 5 heteroatoms. The van der Waals surface area contributed by atoms with Crippen LogP contribution >= 0.6 is 0 Å². The van der Waals surface area contributed by atoms with Crippen molar-refractivity contribution in [1.82, 2.24) is 9.55 Å². The Labute approximate surface area is 140 Å². The van der Waals surface area contributed by atoms with Gasteiger partial charge in [0.25, 0.3) is 11.7 Å². The van der Waals surface area contributed by atoms with Gasteiger partial charge in [0.05, 0.1) is 0 Å². The van der Waals surface area contributed by atoms with Crippen molar-refractivity contribution in [3.8, 4) is 11.1 Å². The van der Waals surface area contributed by atoms with E-state index >= 15 is 0 Å². The maximum absolute atomic E-state index is 12.7. The van der Waals surface area contributed by atoms with Crippen molar-refractivity contribution in [3.63, 3.8) is 0 Å². The van der Waals surface area contributed by atoms with Gasteiger partial charge in [-0.15, -0.1) is 0 Å². The molecular formula is C19H17N3O2. The summed E-state index contributed by atoms with van der Waals surface area (Å²) in [5.74, 6) is -1.24. The fourth-order valence-electron chi connectivity index (χ4n) is 2.57. The Bertz CT molecular complexity index is 884. The van der Waals surface area contributed by atoms with Crippen LogP contribution in [0.25, 0.3) is 11.1 Å². The summed E-state index contributed by atoms with van der Waals surface area (Å²) in [5.41, 5.74) is 3.49. The minimum absolute atomic E-state index is 0.380. The van der Waals surface area contributed by atoms with Gasteiger partial charge in [-0.05, 0) is 30.7 Å². The largest absolute Gasteiger partial charge is 0.345 e. The summed E-state index contributed by atoms with van der Waals surface area (Å²) in [5, 5.41) is 2.61. The van der Waals surface area contributed by atoms with Crippen LogP contribution in [0.3, 0.4) is 0 Å². The number of amides is 1. The van der Waals surface area contributed by atoms with Gasteiger partial charge in [0.2, 0.25) is 0 Å². The highest BCUT2D eigenvalue weighted by Crippen LogP contribution is 2.27. The molecule has 0 fully saturated rings. The number of pyridine rings is 1. The van der Waals surface area contributed by atoms with E-state index in [2.05, 4.69) is 10.3 Å². The Hall–Kier alpha value is -3.21. The molecule has 1 aromatic carbocycles. The van der Waals surface area contributed by atoms with Crippen LogP contribution in [0.2, 0.25) is 0 Å². The summed E-state index contributed by atoms with van der Waals surface area (Å²) < 4.78 is 1.75. The zero-order chi connectivity index (χ0) is 17.1. The maximum atomic E-state index is 12.7. The molecule has 1 amide bonds. The van der Waals surface area contributed by atoms with E-state index in [-0.39, 0.29) is 0 Å². The van der Waals surface area contributed by atoms with Crippen LogP contribution in [0.4, 0.5) is 5.69 Å². The molecule has 0 saturated heterocycles. The van der Waals surface area contributed by atoms with Crippen LogP contribution in [-0.4, -0.2) is 21.2 Å². The maximum Gasteiger partial charge on any atom is 0.298 e. The van der Waals surface area contributed by atoms with Crippen LogP contribution in [0, 0.1) is 6.92 Å². The van der Waals surface area contributed by atoms with Gasteiger partial charge in [-0.2, -0.15) is 0 Å². The lowest BCUT2D eigenvalue weighted by molar-refractivity contribution is -0.112. The van der Waals surface area contributed by atoms with Crippen molar-refractivity contribution >= 4 is 17.4 Å². The molecular weight excluding hydrogens is 302 g/mol. The molecule has 0 unspecified atom stereocenters. The molecule has 2 heterocycles. The van der Waals surface area contributed by atoms with E-state index in [1.807, 2.05) is 43.3 Å². The molecule has 0 spiro atoms. The van der Waals surface area contributed by atoms with Gasteiger partial charge in [0.15, 0.2) is 0 Å². The third-order valence-electron chi connectivity index (χ3n) is 3.92. The molecule has 0 aliphatic heterocycles. The number of Topliss-reactive ketones (excluding diaryl/α,β-unsaturated/α-hetero) is 1. The number of anilines is 1. The van der Waals surface area contributed by atoms with Crippen LogP contribution in [0.5, 0.6) is 0 Å². The number of hydrogen-bond acceptors (Lipinski definition) is 3. The van der Waals surface area contributed by atoms with Crippen LogP contribution in [-0.2, 0) is 11.8 Å². The number of benzene rings is 1. The zero-order valence-corrected chi connectivity index (χ0v) is 13.5. The third-order valence-corrected chi connectivity index (χ3v) is 3.92. The molecule has 2 aromatic heterocycles. The van der Waals surface area contributed by atoms with Crippen LogP contribution in [0.15, 0.2) is 60.9 Å². The molecule has 1 N–H and O–H groups in total. The zero-order valence-electron chi connectivity index (χ0n) is 13.5. The second-order valence-corrected chi connectivity index (χ2v) is 5.49. The van der Waals surface area contributed by atoms with Gasteiger partial charge in [-0.25, -0.2) is 0 Å². The highest BCUT2D eigenvalue weighted by Gasteiger charge is 2.24. The number of aryl methyl sites for hydroxylation is 1. The average molecular weight is 319 g/mol. The lowest BCUT2D eigenvalue weighted by Gasteiger charge is -2.08. The SMILES string of the molecule is Cc1cc(-c2ccccc2)c(C(=O)C(=O)Nc2ccncc2)n1C. The van der Waals surface area contributed by atoms with Gasteiger partial charge in [0, 0.05) is 36.4 Å². The summed E-state index contributed by atoms with van der Waals surface area (Å²) in [4.78, 5) is 29.0. The van der Waals surface area contributed by atoms with Crippen molar-refractivity contribution in [1.29, 1.82) is 0 Å². The Kier molecular flexibility index (Phi) is 4.24. The van der Waals surface area contributed by atoms with E-state index in [0.29, 0.717) is 11.4 Å². The van der Waals surface area contributed by atoms with E-state index < -0.39 is 11.7 Å². The molecule has 120 valence electrons. The van der Waals surface area contributed by atoms with Crippen molar-refractivity contribution < 1.29 is 9.59 Å². The monoisotopic (exact) mass is 319 g/mol. The van der Waals surface area contributed by atoms with Crippen molar-refractivity contribution in [2.75, 3.05) is 5.32 Å². The molecule has 0 bridgehead atoms. The molecule has 5 nitrogen and oxygen atoms in total. The first-order valence-corrected chi connectivity index (χ1v) is 7.55. The molecule has 24 heavy (non-hydrogen) atoms. The molecule has 0 aliphatic rings. The van der Waals surface area contributed by atoms with Crippen molar-refractivity contribution in [2.45, 2.75) is 6.92 Å². The second-order valence-electron chi connectivity index (χ2n) is 5.49. The van der Waals surface area contributed by atoms with Crippen molar-refractivity contribution in [2.24, 2.45) is 7.05 Å². The average Bonchev–Trinajstić information content (AvgIpc) is 2.91. The Balaban J connectivity index is 1.97. The first kappa shape index (κ1) is 15.7. The number of rotatable bonds is 4. The number of nitrogens with zero attached hydrogens (tertiary/aromatic N) is 2. The first-order valence-electron chi connectivity index (χ1n) is 7.55. The fourth-order valence-corrected chi connectivity index (χ4v) is 2.57. The van der Waals surface area contributed by atoms with Gasteiger partial charge >= 0.3 is 0 Å². The van der Waals surface area contributed by atoms with E-state index in [1.165, 1.54) is 0 Å². The molecule has 0 atom stereocenters. The summed E-state index contributed by atoms with van der Waals surface area (Å²) in [6, 6.07) is 14.8. The van der Waals surface area contributed by atoms with Gasteiger partial charge in [-0.1, -0.05) is 30.3 Å². The summed E-state index contributed by atoms with van der Waals surface area (Å²) in [7, 11) is 1.79. The second kappa shape index (κ2) is 6.50. The molecule has 3 rings (SSSR count). The van der Waals surface area contributed by atoms with Crippen LogP contribution < -0.4 is 5.32 Å². The minimum atomic E-state index is -0.667. The summed E-state index contributed by atoms with van der Waals surface area (Å²) in [6.07, 6.45) is 3.12. The quantitative estimate of drug-likeness (QED) is 0.593. The molecule has 0 saturated carbocycles. The Morgan fingerprint density at radius 1 is 1.04 bits per heavy atom. The molecule has 0 aliphatic carbocycles. The lowest BCUT2D eigenvalue weighted by Crippen LogP contribution is -2.25. The van der Waals surface area contributed by atoms with Gasteiger partial charge in [0.1, 0.15) is 5.69 Å². The first-order chi connectivity index (χ1) is 11.6. The predicted octanol–water partition coefficient (Wildman–Crippen LogP) is 3.22. The van der Waals surface area contributed by atoms with Gasteiger partial charge < -0.3 is 9.88 Å². The van der Waals surface area contributed by atoms with E-state index in [9.17, 15) is 9.59 Å². The Morgan fingerprint density at radius 3 is 2.38 bits per heavy atom. The fraction of sp³-hybridized carbons (Fsp3) is 0.105. The van der Waals surface area contributed by atoms with E-state index in [1.54, 1.807) is 36.1 Å². The number of carbonyl (C=O) groups excluding carboxylic acids is 2. The number of ketones is 1. The lowest BCUT2D eigenvalue weighted by atomic mass is 10.0. The third kappa shape index (κ3) is 2.96. The van der Waals surface area contributed by atoms with Gasteiger partial charge in [-0.3, -0.25) is 14.6 Å². The topological polar surface area (TPSA) is 64.0 Å². The highest BCUT2D eigenvalue weighted by molar-refractivity contribution is 6.47. The summed E-state index contributed by atoms with van der Waals surface area (Å²) in [6.45, 7) is 1.91. The standard InChI is InChI=1S/C19H17N3O2/c1-13-12-16(14-6-4-3-5-7-14)17(22(13)2)18(23)19(24)21-15-8-10-20-11-9-15/h3-12H,1-2H3,(H,20,21,24). The molecule has 3 aromatic rings. The smallest absolute Gasteiger partial charge is 0.298 e. The van der Waals surface area contributed by atoms with Crippen molar-refractivity contribution in [3.05, 3.63) is 72.3 Å². The number of aromatic nitrogens is 2. The predicted molar refractivity (Wildman–Crippen MR) is 92.8 cm³/mol. The normalized spacial score (nSPS) is 10.4. The van der Waals surface area contributed by atoms with Crippen LogP contribution in [0.1, 0.15) is 16.2 Å². The Morgan fingerprint density at radius 2 is 1.71 bits per heavy atom. The number of carbonyl (C=O) groups is 2. The minimum Gasteiger partial charge on any atom is -0.345 e. The number of hydrogen-bond donors (Lipinski definition) is 1. The number of nitrogens with one attached hydrogen (secondary N) is 1. The summed E-state index contributed by atoms with van der Waals surface area (Å²) >= 11 is 0. The van der Waals surface area contributed by atoms with E-state index in [0.717, 1.165) is 16.8 Å². The van der Waals surface area contributed by atoms with E-state index in [4.69, 9.17) is 0 Å². The highest BCUT2D eigenvalue weighted by atomic mass is 16.2.